The van der Waals surface area contributed by atoms with E-state index in [9.17, 15) is 14.4 Å². The molecular formula is C9H10N4O4. The molecule has 2 rings (SSSR count). The lowest BCUT2D eigenvalue weighted by Gasteiger charge is -2.08. The van der Waals surface area contributed by atoms with Crippen LogP contribution in [0.15, 0.2) is 6.07 Å². The first-order valence-corrected chi connectivity index (χ1v) is 4.95. The monoisotopic (exact) mass is 238 g/mol. The number of carboxylic acids is 1. The van der Waals surface area contributed by atoms with Crippen molar-refractivity contribution in [1.29, 1.82) is 0 Å². The standard InChI is InChI=1S/C9H10N4O4/c14-7-2-1-4(10-7)8(15)11-6-3-5(9(16)17)12-13-6/h3-4H,1-2H2,(H,10,14)(H,16,17)(H2,11,12,13,15)/t4-/m0/s1. The second-order valence-electron chi connectivity index (χ2n) is 3.62. The van der Waals surface area contributed by atoms with Gasteiger partial charge in [0, 0.05) is 12.5 Å². The van der Waals surface area contributed by atoms with E-state index >= 15 is 0 Å². The number of nitrogens with zero attached hydrogens (tertiary/aromatic N) is 1. The molecule has 8 heteroatoms. The molecule has 0 radical (unpaired) electrons. The van der Waals surface area contributed by atoms with Gasteiger partial charge in [-0.25, -0.2) is 4.79 Å². The number of nitrogens with one attached hydrogen (secondary N) is 3. The number of carbonyl (C=O) groups is 3. The molecule has 1 saturated heterocycles. The summed E-state index contributed by atoms with van der Waals surface area (Å²) in [6, 6.07) is 0.629. The fourth-order valence-corrected chi connectivity index (χ4v) is 1.52. The van der Waals surface area contributed by atoms with E-state index in [1.807, 2.05) is 0 Å². The number of carboxylic acid groups (broad SMARTS) is 1. The molecule has 1 fully saturated rings. The van der Waals surface area contributed by atoms with E-state index in [1.54, 1.807) is 0 Å². The summed E-state index contributed by atoms with van der Waals surface area (Å²) in [6.45, 7) is 0. The number of H-pyrrole nitrogens is 1. The average Bonchev–Trinajstić information content (AvgIpc) is 2.86. The summed E-state index contributed by atoms with van der Waals surface area (Å²) >= 11 is 0. The summed E-state index contributed by atoms with van der Waals surface area (Å²) in [5, 5.41) is 19.4. The second-order valence-corrected chi connectivity index (χ2v) is 3.62. The van der Waals surface area contributed by atoms with Crippen molar-refractivity contribution >= 4 is 23.6 Å². The Morgan fingerprint density at radius 1 is 1.53 bits per heavy atom. The van der Waals surface area contributed by atoms with Crippen LogP contribution in [0.5, 0.6) is 0 Å². The van der Waals surface area contributed by atoms with Crippen molar-refractivity contribution in [1.82, 2.24) is 15.5 Å². The Morgan fingerprint density at radius 2 is 2.29 bits per heavy atom. The van der Waals surface area contributed by atoms with Crippen molar-refractivity contribution < 1.29 is 19.5 Å². The molecule has 0 saturated carbocycles. The van der Waals surface area contributed by atoms with Crippen LogP contribution < -0.4 is 10.6 Å². The maximum Gasteiger partial charge on any atom is 0.353 e. The summed E-state index contributed by atoms with van der Waals surface area (Å²) in [5.41, 5.74) is -0.115. The molecule has 8 nitrogen and oxygen atoms in total. The number of anilines is 1. The zero-order valence-electron chi connectivity index (χ0n) is 8.69. The van der Waals surface area contributed by atoms with E-state index in [-0.39, 0.29) is 17.4 Å². The van der Waals surface area contributed by atoms with Gasteiger partial charge in [0.2, 0.25) is 11.8 Å². The molecule has 1 atom stereocenters. The molecule has 0 spiro atoms. The van der Waals surface area contributed by atoms with Crippen LogP contribution in [-0.2, 0) is 9.59 Å². The summed E-state index contributed by atoms with van der Waals surface area (Å²) < 4.78 is 0. The average molecular weight is 238 g/mol. The van der Waals surface area contributed by atoms with Gasteiger partial charge in [-0.15, -0.1) is 0 Å². The molecule has 2 heterocycles. The van der Waals surface area contributed by atoms with E-state index in [1.165, 1.54) is 6.07 Å². The summed E-state index contributed by atoms with van der Waals surface area (Å²) in [4.78, 5) is 33.1. The molecule has 0 unspecified atom stereocenters. The van der Waals surface area contributed by atoms with Crippen molar-refractivity contribution in [2.45, 2.75) is 18.9 Å². The molecule has 1 aliphatic rings. The maximum atomic E-state index is 11.6. The van der Waals surface area contributed by atoms with Crippen LogP contribution >= 0.6 is 0 Å². The highest BCUT2D eigenvalue weighted by molar-refractivity contribution is 5.99. The van der Waals surface area contributed by atoms with Gasteiger partial charge in [-0.3, -0.25) is 14.7 Å². The first kappa shape index (κ1) is 11.1. The van der Waals surface area contributed by atoms with Crippen molar-refractivity contribution in [3.63, 3.8) is 0 Å². The van der Waals surface area contributed by atoms with E-state index in [0.29, 0.717) is 12.8 Å². The number of aromatic carboxylic acids is 1. The van der Waals surface area contributed by atoms with Crippen LogP contribution in [0.3, 0.4) is 0 Å². The maximum absolute atomic E-state index is 11.6. The highest BCUT2D eigenvalue weighted by atomic mass is 16.4. The van der Waals surface area contributed by atoms with Crippen molar-refractivity contribution in [3.05, 3.63) is 11.8 Å². The number of carbonyl (C=O) groups excluding carboxylic acids is 2. The van der Waals surface area contributed by atoms with Crippen molar-refractivity contribution in [3.8, 4) is 0 Å². The van der Waals surface area contributed by atoms with Gasteiger partial charge < -0.3 is 15.7 Å². The molecule has 90 valence electrons. The van der Waals surface area contributed by atoms with Crippen LogP contribution in [0.25, 0.3) is 0 Å². The Labute approximate surface area is 95.4 Å². The number of rotatable bonds is 3. The number of hydrogen-bond acceptors (Lipinski definition) is 4. The van der Waals surface area contributed by atoms with Crippen LogP contribution in [0.2, 0.25) is 0 Å². The minimum Gasteiger partial charge on any atom is -0.477 e. The molecule has 1 aliphatic heterocycles. The number of aromatic amines is 1. The fraction of sp³-hybridized carbons (Fsp3) is 0.333. The Balaban J connectivity index is 1.98. The number of hydrogen-bond donors (Lipinski definition) is 4. The van der Waals surface area contributed by atoms with Gasteiger partial charge in [0.15, 0.2) is 5.82 Å². The zero-order valence-corrected chi connectivity index (χ0v) is 8.69. The first-order chi connectivity index (χ1) is 8.06. The predicted octanol–water partition coefficient (Wildman–Crippen LogP) is -0.675. The van der Waals surface area contributed by atoms with E-state index in [2.05, 4.69) is 20.8 Å². The normalized spacial score (nSPS) is 18.8. The Bertz CT molecular complexity index is 481. The van der Waals surface area contributed by atoms with Gasteiger partial charge >= 0.3 is 5.97 Å². The molecule has 2 amide bonds. The predicted molar refractivity (Wildman–Crippen MR) is 55.3 cm³/mol. The summed E-state index contributed by atoms with van der Waals surface area (Å²) in [7, 11) is 0. The quantitative estimate of drug-likeness (QED) is 0.555. The Kier molecular flexibility index (Phi) is 2.77. The van der Waals surface area contributed by atoms with Gasteiger partial charge in [0.25, 0.3) is 0 Å². The van der Waals surface area contributed by atoms with Crippen molar-refractivity contribution in [2.24, 2.45) is 0 Å². The lowest BCUT2D eigenvalue weighted by Crippen LogP contribution is -2.37. The Morgan fingerprint density at radius 3 is 2.82 bits per heavy atom. The molecule has 0 aromatic carbocycles. The van der Waals surface area contributed by atoms with Gasteiger partial charge in [-0.05, 0) is 6.42 Å². The Hall–Kier alpha value is -2.38. The number of amides is 2. The van der Waals surface area contributed by atoms with Crippen LogP contribution in [-0.4, -0.2) is 39.1 Å². The van der Waals surface area contributed by atoms with Gasteiger partial charge in [-0.1, -0.05) is 0 Å². The molecule has 1 aromatic rings. The molecule has 4 N–H and O–H groups in total. The highest BCUT2D eigenvalue weighted by Gasteiger charge is 2.27. The van der Waals surface area contributed by atoms with E-state index < -0.39 is 17.9 Å². The molecule has 1 aromatic heterocycles. The largest absolute Gasteiger partial charge is 0.477 e. The molecule has 0 bridgehead atoms. The topological polar surface area (TPSA) is 124 Å². The third-order valence-electron chi connectivity index (χ3n) is 2.37. The van der Waals surface area contributed by atoms with Gasteiger partial charge in [0.05, 0.1) is 0 Å². The van der Waals surface area contributed by atoms with Crippen LogP contribution in [0, 0.1) is 0 Å². The lowest BCUT2D eigenvalue weighted by atomic mass is 10.2. The highest BCUT2D eigenvalue weighted by Crippen LogP contribution is 2.10. The van der Waals surface area contributed by atoms with Crippen LogP contribution in [0.1, 0.15) is 23.3 Å². The van der Waals surface area contributed by atoms with E-state index in [4.69, 9.17) is 5.11 Å². The fourth-order valence-electron chi connectivity index (χ4n) is 1.52. The molecule has 0 aliphatic carbocycles. The SMILES string of the molecule is O=C1CC[C@@H](C(=O)Nc2cc(C(=O)O)[nH]n2)N1. The third-order valence-corrected chi connectivity index (χ3v) is 2.37. The van der Waals surface area contributed by atoms with Crippen molar-refractivity contribution in [2.75, 3.05) is 5.32 Å². The molecule has 17 heavy (non-hydrogen) atoms. The zero-order chi connectivity index (χ0) is 12.4. The van der Waals surface area contributed by atoms with E-state index in [0.717, 1.165) is 0 Å². The first-order valence-electron chi connectivity index (χ1n) is 4.95. The molecular weight excluding hydrogens is 228 g/mol. The second kappa shape index (κ2) is 4.24. The minimum absolute atomic E-state index is 0.115. The lowest BCUT2D eigenvalue weighted by molar-refractivity contribution is -0.122. The van der Waals surface area contributed by atoms with Gasteiger partial charge in [-0.2, -0.15) is 5.10 Å². The van der Waals surface area contributed by atoms with Crippen LogP contribution in [0.4, 0.5) is 5.82 Å². The third kappa shape index (κ3) is 2.41. The number of aromatic nitrogens is 2. The smallest absolute Gasteiger partial charge is 0.353 e. The minimum atomic E-state index is -1.16. The summed E-state index contributed by atoms with van der Waals surface area (Å²) in [6.07, 6.45) is 0.750. The van der Waals surface area contributed by atoms with Gasteiger partial charge in [0.1, 0.15) is 11.7 Å². The summed E-state index contributed by atoms with van der Waals surface area (Å²) in [5.74, 6) is -1.61.